The van der Waals surface area contributed by atoms with Crippen molar-refractivity contribution in [2.24, 2.45) is 7.05 Å². The summed E-state index contributed by atoms with van der Waals surface area (Å²) in [5.41, 5.74) is 1.61. The second-order valence-electron chi connectivity index (χ2n) is 4.12. The zero-order valence-electron chi connectivity index (χ0n) is 10.4. The van der Waals surface area contributed by atoms with E-state index >= 15 is 0 Å². The Morgan fingerprint density at radius 1 is 1.37 bits per heavy atom. The van der Waals surface area contributed by atoms with E-state index < -0.39 is 0 Å². The van der Waals surface area contributed by atoms with Gasteiger partial charge in [-0.1, -0.05) is 5.21 Å². The predicted molar refractivity (Wildman–Crippen MR) is 67.3 cm³/mol. The van der Waals surface area contributed by atoms with Crippen LogP contribution in [0.3, 0.4) is 0 Å². The highest BCUT2D eigenvalue weighted by atomic mass is 15.5. The molecule has 3 rings (SSSR count). The summed E-state index contributed by atoms with van der Waals surface area (Å²) < 4.78 is 1.88. The molecule has 19 heavy (non-hydrogen) atoms. The zero-order chi connectivity index (χ0) is 13.1. The maximum atomic E-state index is 4.33. The Hall–Kier alpha value is -2.58. The van der Waals surface area contributed by atoms with Gasteiger partial charge >= 0.3 is 0 Å². The van der Waals surface area contributed by atoms with Crippen molar-refractivity contribution in [3.8, 4) is 0 Å². The number of hydrogen-bond acceptors (Lipinski definition) is 7. The molecule has 0 aliphatic rings. The number of aromatic nitrogens is 8. The zero-order valence-corrected chi connectivity index (χ0v) is 10.4. The van der Waals surface area contributed by atoms with Gasteiger partial charge in [0.2, 0.25) is 5.95 Å². The molecule has 0 spiro atoms. The average Bonchev–Trinajstić information content (AvgIpc) is 3.05. The number of nitrogens with one attached hydrogen (secondary N) is 2. The van der Waals surface area contributed by atoms with Crippen LogP contribution in [0.2, 0.25) is 0 Å². The summed E-state index contributed by atoms with van der Waals surface area (Å²) in [5, 5.41) is 16.9. The fourth-order valence-corrected chi connectivity index (χ4v) is 1.73. The number of imidazole rings is 1. The number of nitrogens with zero attached hydrogens (tertiary/aromatic N) is 7. The number of aryl methyl sites for hydroxylation is 2. The number of tetrazole rings is 1. The van der Waals surface area contributed by atoms with Gasteiger partial charge in [-0.15, -0.1) is 10.2 Å². The Kier molecular flexibility index (Phi) is 3.01. The van der Waals surface area contributed by atoms with Crippen LogP contribution in [0.25, 0.3) is 11.2 Å². The van der Waals surface area contributed by atoms with E-state index in [1.54, 1.807) is 12.5 Å². The summed E-state index contributed by atoms with van der Waals surface area (Å²) in [7, 11) is 1.91. The van der Waals surface area contributed by atoms with Crippen molar-refractivity contribution in [3.63, 3.8) is 0 Å². The van der Waals surface area contributed by atoms with Gasteiger partial charge in [-0.2, -0.15) is 10.2 Å². The molecule has 0 saturated heterocycles. The summed E-state index contributed by atoms with van der Waals surface area (Å²) >= 11 is 0. The first kappa shape index (κ1) is 11.5. The van der Waals surface area contributed by atoms with E-state index in [0.717, 1.165) is 24.9 Å². The molecule has 9 nitrogen and oxygen atoms in total. The highest BCUT2D eigenvalue weighted by Crippen LogP contribution is 2.09. The minimum atomic E-state index is 0.583. The van der Waals surface area contributed by atoms with Gasteiger partial charge < -0.3 is 9.88 Å². The van der Waals surface area contributed by atoms with Crippen molar-refractivity contribution in [2.45, 2.75) is 12.8 Å². The Morgan fingerprint density at radius 3 is 3.16 bits per heavy atom. The van der Waals surface area contributed by atoms with Crippen molar-refractivity contribution in [3.05, 3.63) is 18.3 Å². The monoisotopic (exact) mass is 259 g/mol. The Morgan fingerprint density at radius 2 is 2.32 bits per heavy atom. The smallest absolute Gasteiger partial charge is 0.224 e. The first-order valence-corrected chi connectivity index (χ1v) is 5.93. The van der Waals surface area contributed by atoms with Crippen molar-refractivity contribution in [1.29, 1.82) is 0 Å². The molecule has 0 fully saturated rings. The molecule has 3 aromatic rings. The molecule has 0 atom stereocenters. The number of H-pyrrole nitrogens is 1. The highest BCUT2D eigenvalue weighted by molar-refractivity contribution is 5.70. The van der Waals surface area contributed by atoms with Crippen LogP contribution in [0, 0.1) is 0 Å². The predicted octanol–water partition coefficient (Wildman–Crippen LogP) is -0.0789. The molecule has 0 aliphatic heterocycles. The van der Waals surface area contributed by atoms with Crippen LogP contribution in [-0.2, 0) is 13.5 Å². The lowest BCUT2D eigenvalue weighted by Gasteiger charge is -2.03. The number of anilines is 1. The fraction of sp³-hybridized carbons (Fsp3) is 0.400. The molecular formula is C10H13N9. The summed E-state index contributed by atoms with van der Waals surface area (Å²) in [5.74, 6) is 1.29. The van der Waals surface area contributed by atoms with Crippen molar-refractivity contribution >= 4 is 17.1 Å². The fourth-order valence-electron chi connectivity index (χ4n) is 1.73. The molecule has 0 amide bonds. The molecule has 98 valence electrons. The third-order valence-electron chi connectivity index (χ3n) is 2.73. The summed E-state index contributed by atoms with van der Waals surface area (Å²) in [4.78, 5) is 12.8. The lowest BCUT2D eigenvalue weighted by molar-refractivity contribution is 0.799. The quantitative estimate of drug-likeness (QED) is 0.616. The van der Waals surface area contributed by atoms with Crippen molar-refractivity contribution < 1.29 is 0 Å². The van der Waals surface area contributed by atoms with E-state index in [1.807, 2.05) is 11.6 Å². The second kappa shape index (κ2) is 4.96. The van der Waals surface area contributed by atoms with Crippen LogP contribution in [0.5, 0.6) is 0 Å². The van der Waals surface area contributed by atoms with Gasteiger partial charge in [0.15, 0.2) is 11.5 Å². The molecule has 0 unspecified atom stereocenters. The van der Waals surface area contributed by atoms with Crippen molar-refractivity contribution in [1.82, 2.24) is 40.1 Å². The number of fused-ring (bicyclic) bond motifs is 1. The third-order valence-corrected chi connectivity index (χ3v) is 2.73. The average molecular weight is 259 g/mol. The van der Waals surface area contributed by atoms with Crippen LogP contribution in [0.15, 0.2) is 12.5 Å². The van der Waals surface area contributed by atoms with E-state index in [9.17, 15) is 0 Å². The first-order valence-electron chi connectivity index (χ1n) is 5.93. The van der Waals surface area contributed by atoms with Crippen LogP contribution in [0.4, 0.5) is 5.95 Å². The molecule has 0 aromatic carbocycles. The molecule has 2 N–H and O–H groups in total. The Balaban J connectivity index is 1.56. The molecule has 0 radical (unpaired) electrons. The molecule has 0 saturated carbocycles. The lowest BCUT2D eigenvalue weighted by atomic mass is 10.3. The third kappa shape index (κ3) is 2.49. The molecule has 0 aliphatic carbocycles. The van der Waals surface area contributed by atoms with Crippen LogP contribution in [-0.4, -0.2) is 46.7 Å². The number of aromatic amines is 1. The van der Waals surface area contributed by atoms with Gasteiger partial charge in [0.1, 0.15) is 5.52 Å². The normalized spacial score (nSPS) is 11.0. The lowest BCUT2D eigenvalue weighted by Crippen LogP contribution is -2.07. The maximum Gasteiger partial charge on any atom is 0.224 e. The maximum absolute atomic E-state index is 4.33. The molecule has 0 bridgehead atoms. The van der Waals surface area contributed by atoms with Gasteiger partial charge in [-0.25, -0.2) is 9.97 Å². The topological polar surface area (TPSA) is 110 Å². The van der Waals surface area contributed by atoms with Crippen LogP contribution >= 0.6 is 0 Å². The largest absolute Gasteiger partial charge is 0.354 e. The van der Waals surface area contributed by atoms with Gasteiger partial charge in [0, 0.05) is 20.0 Å². The summed E-state index contributed by atoms with van der Waals surface area (Å²) in [6.45, 7) is 0.743. The van der Waals surface area contributed by atoms with E-state index in [1.165, 1.54) is 0 Å². The van der Waals surface area contributed by atoms with Crippen LogP contribution in [0.1, 0.15) is 12.2 Å². The molecular weight excluding hydrogens is 246 g/mol. The highest BCUT2D eigenvalue weighted by Gasteiger charge is 2.04. The van der Waals surface area contributed by atoms with E-state index in [2.05, 4.69) is 40.9 Å². The number of hydrogen-bond donors (Lipinski definition) is 2. The van der Waals surface area contributed by atoms with E-state index in [-0.39, 0.29) is 0 Å². The molecule has 3 aromatic heterocycles. The van der Waals surface area contributed by atoms with E-state index in [4.69, 9.17) is 0 Å². The van der Waals surface area contributed by atoms with Gasteiger partial charge in [0.05, 0.1) is 12.5 Å². The Bertz CT molecular complexity index is 657. The van der Waals surface area contributed by atoms with Gasteiger partial charge in [-0.3, -0.25) is 0 Å². The van der Waals surface area contributed by atoms with Gasteiger partial charge in [-0.05, 0) is 6.42 Å². The Labute approximate surface area is 108 Å². The standard InChI is InChI=1S/C10H13N9/c1-19-6-13-9-7(19)5-12-10(14-9)11-4-2-3-8-15-17-18-16-8/h5-6H,2-4H2,1H3,(H,11,12,14)(H,15,16,17,18). The number of rotatable bonds is 5. The van der Waals surface area contributed by atoms with Crippen molar-refractivity contribution in [2.75, 3.05) is 11.9 Å². The van der Waals surface area contributed by atoms with Crippen LogP contribution < -0.4 is 5.32 Å². The first-order chi connectivity index (χ1) is 9.33. The van der Waals surface area contributed by atoms with E-state index in [0.29, 0.717) is 17.4 Å². The molecule has 9 heteroatoms. The molecule has 3 heterocycles. The minimum absolute atomic E-state index is 0.583. The van der Waals surface area contributed by atoms with Gasteiger partial charge in [0.25, 0.3) is 0 Å². The second-order valence-corrected chi connectivity index (χ2v) is 4.12. The minimum Gasteiger partial charge on any atom is -0.354 e. The summed E-state index contributed by atoms with van der Waals surface area (Å²) in [6, 6.07) is 0. The SMILES string of the molecule is Cn1cnc2nc(NCCCc3nn[nH]n3)ncc21. The summed E-state index contributed by atoms with van der Waals surface area (Å²) in [6.07, 6.45) is 5.12.